The van der Waals surface area contributed by atoms with Gasteiger partial charge in [0.25, 0.3) is 5.89 Å². The molecule has 0 saturated heterocycles. The molecule has 6 nitrogen and oxygen atoms in total. The summed E-state index contributed by atoms with van der Waals surface area (Å²) in [4.78, 5) is 8.89. The topological polar surface area (TPSA) is 74.2 Å². The number of aryl methyl sites for hydroxylation is 1. The maximum absolute atomic E-state index is 5.38. The summed E-state index contributed by atoms with van der Waals surface area (Å²) in [5, 5.41) is 5.01. The Morgan fingerprint density at radius 1 is 1.09 bits per heavy atom. The number of aromatic nitrogens is 3. The van der Waals surface area contributed by atoms with E-state index in [0.29, 0.717) is 28.9 Å². The molecule has 1 aromatic carbocycles. The van der Waals surface area contributed by atoms with Crippen molar-refractivity contribution in [2.45, 2.75) is 6.92 Å². The number of ether oxygens (including phenoxy) is 1. The molecule has 4 rings (SSSR count). The molecular formula is C17H13N3O3. The predicted molar refractivity (Wildman–Crippen MR) is 84.0 cm³/mol. The van der Waals surface area contributed by atoms with E-state index in [9.17, 15) is 0 Å². The number of benzene rings is 1. The monoisotopic (exact) mass is 307 g/mol. The van der Waals surface area contributed by atoms with Crippen molar-refractivity contribution in [3.63, 3.8) is 0 Å². The minimum absolute atomic E-state index is 0.316. The van der Waals surface area contributed by atoms with Crippen LogP contribution in [0.2, 0.25) is 0 Å². The van der Waals surface area contributed by atoms with Crippen LogP contribution in [-0.4, -0.2) is 22.2 Å². The molecule has 0 fully saturated rings. The van der Waals surface area contributed by atoms with Gasteiger partial charge in [0.15, 0.2) is 5.76 Å². The van der Waals surface area contributed by atoms with E-state index in [0.717, 1.165) is 16.5 Å². The summed E-state index contributed by atoms with van der Waals surface area (Å²) in [6.07, 6.45) is 1.56. The summed E-state index contributed by atoms with van der Waals surface area (Å²) in [7, 11) is 1.57. The van der Waals surface area contributed by atoms with Crippen LogP contribution in [0.4, 0.5) is 0 Å². The number of nitrogens with zero attached hydrogens (tertiary/aromatic N) is 3. The van der Waals surface area contributed by atoms with Gasteiger partial charge in [0.1, 0.15) is 0 Å². The quantitative estimate of drug-likeness (QED) is 0.572. The molecule has 0 N–H and O–H groups in total. The Bertz CT molecular complexity index is 974. The second-order valence-corrected chi connectivity index (χ2v) is 5.14. The minimum atomic E-state index is 0.316. The smallest absolute Gasteiger partial charge is 0.293 e. The molecule has 0 bridgehead atoms. The van der Waals surface area contributed by atoms with Crippen LogP contribution in [0.5, 0.6) is 5.88 Å². The molecule has 23 heavy (non-hydrogen) atoms. The Balaban J connectivity index is 1.87. The SMILES string of the molecule is COc1nc2ccc(C)cc2cc1-c1noc(-c2ccco2)n1. The zero-order chi connectivity index (χ0) is 15.8. The molecule has 3 aromatic heterocycles. The first-order chi connectivity index (χ1) is 11.2. The Morgan fingerprint density at radius 3 is 2.78 bits per heavy atom. The number of pyridine rings is 1. The van der Waals surface area contributed by atoms with Gasteiger partial charge in [0.05, 0.1) is 24.5 Å². The summed E-state index contributed by atoms with van der Waals surface area (Å²) in [6.45, 7) is 2.03. The average Bonchev–Trinajstić information content (AvgIpc) is 3.24. The molecule has 0 spiro atoms. The van der Waals surface area contributed by atoms with Gasteiger partial charge in [0.2, 0.25) is 11.7 Å². The molecule has 0 aliphatic carbocycles. The van der Waals surface area contributed by atoms with Crippen molar-refractivity contribution in [1.82, 2.24) is 15.1 Å². The molecule has 0 radical (unpaired) electrons. The third-order valence-corrected chi connectivity index (χ3v) is 3.53. The van der Waals surface area contributed by atoms with Crippen molar-refractivity contribution in [3.8, 4) is 28.9 Å². The second kappa shape index (κ2) is 5.24. The van der Waals surface area contributed by atoms with Crippen molar-refractivity contribution in [2.24, 2.45) is 0 Å². The van der Waals surface area contributed by atoms with E-state index < -0.39 is 0 Å². The zero-order valence-corrected chi connectivity index (χ0v) is 12.6. The van der Waals surface area contributed by atoms with Crippen LogP contribution in [0.25, 0.3) is 33.9 Å². The number of hydrogen-bond acceptors (Lipinski definition) is 6. The lowest BCUT2D eigenvalue weighted by atomic mass is 10.1. The van der Waals surface area contributed by atoms with E-state index in [1.54, 1.807) is 25.5 Å². The molecule has 0 aliphatic heterocycles. The van der Waals surface area contributed by atoms with Crippen LogP contribution in [-0.2, 0) is 0 Å². The Hall–Kier alpha value is -3.15. The number of hydrogen-bond donors (Lipinski definition) is 0. The Morgan fingerprint density at radius 2 is 2.00 bits per heavy atom. The number of furan rings is 1. The van der Waals surface area contributed by atoms with E-state index in [1.807, 2.05) is 25.1 Å². The van der Waals surface area contributed by atoms with Crippen molar-refractivity contribution in [2.75, 3.05) is 7.11 Å². The molecule has 114 valence electrons. The van der Waals surface area contributed by atoms with E-state index in [2.05, 4.69) is 21.2 Å². The van der Waals surface area contributed by atoms with Crippen LogP contribution >= 0.6 is 0 Å². The van der Waals surface area contributed by atoms with Gasteiger partial charge in [-0.1, -0.05) is 16.8 Å². The van der Waals surface area contributed by atoms with E-state index in [-0.39, 0.29) is 0 Å². The number of methoxy groups -OCH3 is 1. The summed E-state index contributed by atoms with van der Waals surface area (Å²) >= 11 is 0. The highest BCUT2D eigenvalue weighted by molar-refractivity contribution is 5.85. The molecule has 0 saturated carbocycles. The molecule has 0 amide bonds. The second-order valence-electron chi connectivity index (χ2n) is 5.14. The van der Waals surface area contributed by atoms with E-state index in [4.69, 9.17) is 13.7 Å². The molecule has 6 heteroatoms. The van der Waals surface area contributed by atoms with Crippen LogP contribution < -0.4 is 4.74 Å². The lowest BCUT2D eigenvalue weighted by molar-refractivity contribution is 0.398. The maximum atomic E-state index is 5.38. The van der Waals surface area contributed by atoms with Crippen molar-refractivity contribution >= 4 is 10.9 Å². The largest absolute Gasteiger partial charge is 0.480 e. The van der Waals surface area contributed by atoms with Crippen LogP contribution in [0.15, 0.2) is 51.6 Å². The summed E-state index contributed by atoms with van der Waals surface area (Å²) in [6, 6.07) is 11.5. The fraction of sp³-hybridized carbons (Fsp3) is 0.118. The number of fused-ring (bicyclic) bond motifs is 1. The number of rotatable bonds is 3. The van der Waals surface area contributed by atoms with E-state index in [1.165, 1.54) is 0 Å². The fourth-order valence-corrected chi connectivity index (χ4v) is 2.43. The average molecular weight is 307 g/mol. The fourth-order valence-electron chi connectivity index (χ4n) is 2.43. The molecule has 0 unspecified atom stereocenters. The van der Waals surface area contributed by atoms with Gasteiger partial charge in [-0.05, 0) is 37.3 Å². The Labute approximate surface area is 131 Å². The van der Waals surface area contributed by atoms with Gasteiger partial charge in [-0.2, -0.15) is 4.98 Å². The predicted octanol–water partition coefficient (Wildman–Crippen LogP) is 3.86. The maximum Gasteiger partial charge on any atom is 0.293 e. The normalized spacial score (nSPS) is 11.0. The first-order valence-corrected chi connectivity index (χ1v) is 7.08. The van der Waals surface area contributed by atoms with Crippen molar-refractivity contribution in [1.29, 1.82) is 0 Å². The van der Waals surface area contributed by atoms with Gasteiger partial charge in [-0.25, -0.2) is 4.98 Å². The third-order valence-electron chi connectivity index (χ3n) is 3.53. The molecule has 3 heterocycles. The summed E-state index contributed by atoms with van der Waals surface area (Å²) < 4.78 is 15.9. The summed E-state index contributed by atoms with van der Waals surface area (Å²) in [5.41, 5.74) is 2.68. The first kappa shape index (κ1) is 13.5. The van der Waals surface area contributed by atoms with Gasteiger partial charge in [-0.15, -0.1) is 0 Å². The zero-order valence-electron chi connectivity index (χ0n) is 12.6. The molecule has 0 aliphatic rings. The highest BCUT2D eigenvalue weighted by Crippen LogP contribution is 2.31. The van der Waals surface area contributed by atoms with Crippen LogP contribution in [0.1, 0.15) is 5.56 Å². The molecular weight excluding hydrogens is 294 g/mol. The van der Waals surface area contributed by atoms with Crippen LogP contribution in [0.3, 0.4) is 0 Å². The van der Waals surface area contributed by atoms with Gasteiger partial charge in [-0.3, -0.25) is 0 Å². The third kappa shape index (κ3) is 2.34. The van der Waals surface area contributed by atoms with Gasteiger partial charge >= 0.3 is 0 Å². The van der Waals surface area contributed by atoms with Crippen molar-refractivity contribution in [3.05, 3.63) is 48.2 Å². The van der Waals surface area contributed by atoms with Gasteiger partial charge < -0.3 is 13.7 Å². The Kier molecular flexibility index (Phi) is 3.08. The van der Waals surface area contributed by atoms with Gasteiger partial charge in [0, 0.05) is 5.39 Å². The van der Waals surface area contributed by atoms with Crippen molar-refractivity contribution < 1.29 is 13.7 Å². The highest BCUT2D eigenvalue weighted by Gasteiger charge is 2.17. The standard InChI is InChI=1S/C17H13N3O3/c1-10-5-6-13-11(8-10)9-12(16(18-13)21-2)15-19-17(23-20-15)14-4-3-7-22-14/h3-9H,1-2H3. The molecule has 4 aromatic rings. The minimum Gasteiger partial charge on any atom is -0.480 e. The summed E-state index contributed by atoms with van der Waals surface area (Å²) in [5.74, 6) is 1.70. The lowest BCUT2D eigenvalue weighted by Crippen LogP contribution is -1.94. The first-order valence-electron chi connectivity index (χ1n) is 7.08. The van der Waals surface area contributed by atoms with Crippen LogP contribution in [0, 0.1) is 6.92 Å². The van der Waals surface area contributed by atoms with E-state index >= 15 is 0 Å². The lowest BCUT2D eigenvalue weighted by Gasteiger charge is -2.07. The molecule has 0 atom stereocenters. The highest BCUT2D eigenvalue weighted by atomic mass is 16.5.